The molecule has 0 atom stereocenters. The van der Waals surface area contributed by atoms with Crippen LogP contribution in [0.4, 0.5) is 11.4 Å². The van der Waals surface area contributed by atoms with Gasteiger partial charge in [0.2, 0.25) is 5.91 Å². The van der Waals surface area contributed by atoms with E-state index in [0.29, 0.717) is 43.9 Å². The lowest BCUT2D eigenvalue weighted by Crippen LogP contribution is -2.40. The van der Waals surface area contributed by atoms with Crippen LogP contribution in [0.2, 0.25) is 0 Å². The number of nitrogens with zero attached hydrogens (tertiary/aromatic N) is 3. The summed E-state index contributed by atoms with van der Waals surface area (Å²) in [7, 11) is 0. The number of nitrogen functional groups attached to an aromatic ring is 1. The molecule has 3 aromatic rings. The van der Waals surface area contributed by atoms with Gasteiger partial charge in [0.1, 0.15) is 9.71 Å². The minimum absolute atomic E-state index is 0.0344. The third kappa shape index (κ3) is 5.51. The maximum Gasteiger partial charge on any atom is 0.263 e. The number of nitrogens with one attached hydrogen (secondary N) is 2. The molecule has 2 aromatic heterocycles. The summed E-state index contributed by atoms with van der Waals surface area (Å²) in [5.74, 6) is -0.263. The monoisotopic (exact) mass is 498 g/mol. The van der Waals surface area contributed by atoms with Crippen LogP contribution in [0.5, 0.6) is 0 Å². The lowest BCUT2D eigenvalue weighted by atomic mass is 10.1. The molecule has 4 N–H and O–H groups in total. The van der Waals surface area contributed by atoms with Crippen LogP contribution in [0.1, 0.15) is 43.3 Å². The molecule has 0 bridgehead atoms. The van der Waals surface area contributed by atoms with E-state index in [1.807, 2.05) is 51.3 Å². The topological polar surface area (TPSA) is 113 Å². The number of rotatable bonds is 6. The van der Waals surface area contributed by atoms with Gasteiger partial charge in [0.05, 0.1) is 23.3 Å². The SMILES string of the molecule is CSc1nc(-c2cccc(NC(=O)CN3CCCC3)c2)c2c(N)c(C(=O)NC(C)(C)C)sc2n1. The molecule has 0 saturated carbocycles. The largest absolute Gasteiger partial charge is 0.397 e. The molecular weight excluding hydrogens is 468 g/mol. The van der Waals surface area contributed by atoms with Crippen molar-refractivity contribution in [2.75, 3.05) is 36.9 Å². The maximum atomic E-state index is 12.9. The summed E-state index contributed by atoms with van der Waals surface area (Å²) < 4.78 is 0. The first-order valence-electron chi connectivity index (χ1n) is 11.2. The average molecular weight is 499 g/mol. The van der Waals surface area contributed by atoms with Gasteiger partial charge >= 0.3 is 0 Å². The van der Waals surface area contributed by atoms with Gasteiger partial charge < -0.3 is 16.4 Å². The van der Waals surface area contributed by atoms with Crippen LogP contribution in [-0.4, -0.2) is 58.1 Å². The molecule has 1 aliphatic heterocycles. The second-order valence-corrected chi connectivity index (χ2v) is 11.2. The molecular formula is C24H30N6O2S2. The predicted octanol–water partition coefficient (Wildman–Crippen LogP) is 4.23. The molecule has 34 heavy (non-hydrogen) atoms. The Kier molecular flexibility index (Phi) is 7.11. The maximum absolute atomic E-state index is 12.9. The minimum Gasteiger partial charge on any atom is -0.397 e. The van der Waals surface area contributed by atoms with Gasteiger partial charge in [-0.25, -0.2) is 9.97 Å². The Morgan fingerprint density at radius 1 is 1.21 bits per heavy atom. The van der Waals surface area contributed by atoms with E-state index < -0.39 is 0 Å². The highest BCUT2D eigenvalue weighted by molar-refractivity contribution is 7.98. The molecule has 1 saturated heterocycles. The standard InChI is InChI=1S/C24H30N6O2S2/c1-24(2,3)29-21(32)20-18(25)17-19(27-23(33-4)28-22(17)34-20)14-8-7-9-15(12-14)26-16(31)13-30-10-5-6-11-30/h7-9,12H,5-6,10-11,13,25H2,1-4H3,(H,26,31)(H,29,32). The van der Waals surface area contributed by atoms with Crippen molar-refractivity contribution in [2.24, 2.45) is 0 Å². The van der Waals surface area contributed by atoms with Gasteiger partial charge in [-0.15, -0.1) is 11.3 Å². The van der Waals surface area contributed by atoms with Crippen LogP contribution >= 0.6 is 23.1 Å². The number of amides is 2. The van der Waals surface area contributed by atoms with Crippen LogP contribution in [0, 0.1) is 0 Å². The van der Waals surface area contributed by atoms with Crippen molar-refractivity contribution in [3.8, 4) is 11.3 Å². The number of thiophene rings is 1. The van der Waals surface area contributed by atoms with Crippen molar-refractivity contribution < 1.29 is 9.59 Å². The van der Waals surface area contributed by atoms with E-state index in [9.17, 15) is 9.59 Å². The van der Waals surface area contributed by atoms with E-state index in [0.717, 1.165) is 31.5 Å². The quantitative estimate of drug-likeness (QED) is 0.344. The summed E-state index contributed by atoms with van der Waals surface area (Å²) >= 11 is 2.69. The molecule has 3 heterocycles. The highest BCUT2D eigenvalue weighted by Crippen LogP contribution is 2.40. The Hall–Kier alpha value is -2.69. The van der Waals surface area contributed by atoms with Gasteiger partial charge in [0, 0.05) is 16.8 Å². The number of hydrogen-bond donors (Lipinski definition) is 3. The van der Waals surface area contributed by atoms with Gasteiger partial charge in [0.25, 0.3) is 5.91 Å². The number of fused-ring (bicyclic) bond motifs is 1. The van der Waals surface area contributed by atoms with E-state index in [-0.39, 0.29) is 17.4 Å². The molecule has 1 fully saturated rings. The van der Waals surface area contributed by atoms with Crippen molar-refractivity contribution >= 4 is 56.5 Å². The number of benzene rings is 1. The highest BCUT2D eigenvalue weighted by atomic mass is 32.2. The minimum atomic E-state index is -0.389. The number of likely N-dealkylation sites (tertiary alicyclic amines) is 1. The fraction of sp³-hybridized carbons (Fsp3) is 0.417. The normalized spacial score (nSPS) is 14.5. The zero-order valence-corrected chi connectivity index (χ0v) is 21.5. The van der Waals surface area contributed by atoms with Crippen molar-refractivity contribution in [1.29, 1.82) is 0 Å². The molecule has 0 spiro atoms. The van der Waals surface area contributed by atoms with E-state index >= 15 is 0 Å². The second-order valence-electron chi connectivity index (χ2n) is 9.40. The number of aromatic nitrogens is 2. The fourth-order valence-electron chi connectivity index (χ4n) is 3.96. The third-order valence-corrected chi connectivity index (χ3v) is 7.08. The Labute approximate surface area is 207 Å². The molecule has 8 nitrogen and oxygen atoms in total. The molecule has 180 valence electrons. The van der Waals surface area contributed by atoms with Gasteiger partial charge in [-0.05, 0) is 65.1 Å². The van der Waals surface area contributed by atoms with Crippen LogP contribution < -0.4 is 16.4 Å². The Morgan fingerprint density at radius 3 is 2.62 bits per heavy atom. The molecule has 4 rings (SSSR count). The zero-order chi connectivity index (χ0) is 24.5. The number of nitrogens with two attached hydrogens (primary N) is 1. The van der Waals surface area contributed by atoms with Crippen LogP contribution in [0.3, 0.4) is 0 Å². The zero-order valence-electron chi connectivity index (χ0n) is 19.9. The molecule has 2 amide bonds. The van der Waals surface area contributed by atoms with E-state index in [2.05, 4.69) is 20.5 Å². The second kappa shape index (κ2) is 9.89. The molecule has 1 aromatic carbocycles. The first-order valence-corrected chi connectivity index (χ1v) is 13.3. The fourth-order valence-corrected chi connectivity index (χ4v) is 5.37. The Balaban J connectivity index is 1.70. The van der Waals surface area contributed by atoms with Crippen molar-refractivity contribution in [3.63, 3.8) is 0 Å². The number of thioether (sulfide) groups is 1. The highest BCUT2D eigenvalue weighted by Gasteiger charge is 2.25. The smallest absolute Gasteiger partial charge is 0.263 e. The average Bonchev–Trinajstić information content (AvgIpc) is 3.39. The molecule has 0 aliphatic carbocycles. The van der Waals surface area contributed by atoms with Gasteiger partial charge in [-0.1, -0.05) is 23.9 Å². The van der Waals surface area contributed by atoms with Crippen molar-refractivity contribution in [2.45, 2.75) is 44.3 Å². The van der Waals surface area contributed by atoms with Crippen LogP contribution in [0.25, 0.3) is 21.5 Å². The van der Waals surface area contributed by atoms with Crippen molar-refractivity contribution in [1.82, 2.24) is 20.2 Å². The van der Waals surface area contributed by atoms with Gasteiger partial charge in [-0.2, -0.15) is 0 Å². The molecule has 10 heteroatoms. The van der Waals surface area contributed by atoms with Gasteiger partial charge in [-0.3, -0.25) is 14.5 Å². The Morgan fingerprint density at radius 2 is 1.94 bits per heavy atom. The lowest BCUT2D eigenvalue weighted by molar-refractivity contribution is -0.117. The summed E-state index contributed by atoms with van der Waals surface area (Å²) in [6.07, 6.45) is 4.19. The van der Waals surface area contributed by atoms with E-state index in [1.165, 1.54) is 23.1 Å². The molecule has 1 aliphatic rings. The summed E-state index contributed by atoms with van der Waals surface area (Å²) in [6, 6.07) is 7.55. The summed E-state index contributed by atoms with van der Waals surface area (Å²) in [6.45, 7) is 8.10. The van der Waals surface area contributed by atoms with E-state index in [4.69, 9.17) is 10.7 Å². The van der Waals surface area contributed by atoms with Crippen LogP contribution in [-0.2, 0) is 4.79 Å². The number of anilines is 2. The Bertz CT molecular complexity index is 1230. The van der Waals surface area contributed by atoms with Gasteiger partial charge in [0.15, 0.2) is 5.16 Å². The summed E-state index contributed by atoms with van der Waals surface area (Å²) in [5, 5.41) is 7.22. The first-order chi connectivity index (χ1) is 16.1. The number of carbonyl (C=O) groups is 2. The molecule has 0 unspecified atom stereocenters. The number of hydrogen-bond acceptors (Lipinski definition) is 8. The summed E-state index contributed by atoms with van der Waals surface area (Å²) in [4.78, 5) is 38.0. The van der Waals surface area contributed by atoms with E-state index in [1.54, 1.807) is 0 Å². The third-order valence-electron chi connectivity index (χ3n) is 5.43. The van der Waals surface area contributed by atoms with Crippen molar-refractivity contribution in [3.05, 3.63) is 29.1 Å². The first kappa shape index (κ1) is 24.4. The molecule has 0 radical (unpaired) electrons. The van der Waals surface area contributed by atoms with Crippen LogP contribution in [0.15, 0.2) is 29.4 Å². The number of carbonyl (C=O) groups excluding carboxylic acids is 2. The lowest BCUT2D eigenvalue weighted by Gasteiger charge is -2.20. The predicted molar refractivity (Wildman–Crippen MR) is 141 cm³/mol. The summed E-state index contributed by atoms with van der Waals surface area (Å²) in [5.41, 5.74) is 8.61.